The van der Waals surface area contributed by atoms with Gasteiger partial charge in [-0.25, -0.2) is 4.79 Å². The molecule has 2 atom stereocenters. The molecule has 0 radical (unpaired) electrons. The van der Waals surface area contributed by atoms with Crippen molar-refractivity contribution in [2.45, 2.75) is 71.3 Å². The van der Waals surface area contributed by atoms with Crippen LogP contribution in [0.1, 0.15) is 74.7 Å². The first kappa shape index (κ1) is 22.1. The molecule has 26 heavy (non-hydrogen) atoms. The van der Waals surface area contributed by atoms with E-state index in [4.69, 9.17) is 5.11 Å². The number of hydrogen-bond acceptors (Lipinski definition) is 3. The van der Waals surface area contributed by atoms with Crippen LogP contribution in [0.25, 0.3) is 0 Å². The number of carbonyl (C=O) groups is 2. The van der Waals surface area contributed by atoms with Gasteiger partial charge < -0.3 is 10.2 Å². The summed E-state index contributed by atoms with van der Waals surface area (Å²) < 4.78 is 0. The largest absolute Gasteiger partial charge is 0.478 e. The van der Waals surface area contributed by atoms with Crippen molar-refractivity contribution in [1.29, 1.82) is 0 Å². The summed E-state index contributed by atoms with van der Waals surface area (Å²) in [5.41, 5.74) is 1.37. The fourth-order valence-electron chi connectivity index (χ4n) is 2.95. The lowest BCUT2D eigenvalue weighted by Crippen LogP contribution is -2.11. The third-order valence-electron chi connectivity index (χ3n) is 4.68. The second-order valence-electron chi connectivity index (χ2n) is 6.93. The zero-order valence-corrected chi connectivity index (χ0v) is 16.0. The molecule has 2 unspecified atom stereocenters. The maximum Gasteiger partial charge on any atom is 0.335 e. The highest BCUT2D eigenvalue weighted by Gasteiger charge is 2.12. The number of Topliss-reactive ketones (excluding diaryl/α,β-unsaturated/α-hetero) is 1. The highest BCUT2D eigenvalue weighted by molar-refractivity contribution is 5.87. The lowest BCUT2D eigenvalue weighted by atomic mass is 9.93. The van der Waals surface area contributed by atoms with Gasteiger partial charge in [0.2, 0.25) is 0 Å². The number of aliphatic hydroxyl groups is 1. The highest BCUT2D eigenvalue weighted by Crippen LogP contribution is 2.17. The molecule has 0 bridgehead atoms. The van der Waals surface area contributed by atoms with Gasteiger partial charge in [-0.3, -0.25) is 4.79 Å². The number of unbranched alkanes of at least 4 members (excludes halogenated alkanes) is 2. The number of hydrogen-bond donors (Lipinski definition) is 2. The monoisotopic (exact) mass is 360 g/mol. The van der Waals surface area contributed by atoms with Crippen LogP contribution >= 0.6 is 0 Å². The SMILES string of the molecule is CCCCCC(O)C=CCC(CCCc1ccc(C(=O)O)cc1)C(C)=O. The first-order valence-corrected chi connectivity index (χ1v) is 9.61. The summed E-state index contributed by atoms with van der Waals surface area (Å²) in [4.78, 5) is 22.7. The third kappa shape index (κ3) is 8.95. The van der Waals surface area contributed by atoms with Gasteiger partial charge in [-0.05, 0) is 56.7 Å². The molecule has 1 rings (SSSR count). The van der Waals surface area contributed by atoms with Crippen LogP contribution in [0.3, 0.4) is 0 Å². The topological polar surface area (TPSA) is 74.6 Å². The van der Waals surface area contributed by atoms with Crippen molar-refractivity contribution in [3.8, 4) is 0 Å². The number of aromatic carboxylic acids is 1. The first-order valence-electron chi connectivity index (χ1n) is 9.61. The van der Waals surface area contributed by atoms with Gasteiger partial charge in [-0.15, -0.1) is 0 Å². The number of carboxylic acids is 1. The fourth-order valence-corrected chi connectivity index (χ4v) is 2.95. The minimum atomic E-state index is -0.920. The van der Waals surface area contributed by atoms with Gasteiger partial charge in [0, 0.05) is 5.92 Å². The van der Waals surface area contributed by atoms with Crippen LogP contribution in [-0.4, -0.2) is 28.1 Å². The Morgan fingerprint density at radius 2 is 1.77 bits per heavy atom. The molecule has 0 aliphatic carbocycles. The molecule has 2 N–H and O–H groups in total. The van der Waals surface area contributed by atoms with E-state index in [9.17, 15) is 14.7 Å². The predicted molar refractivity (Wildman–Crippen MR) is 104 cm³/mol. The molecule has 0 heterocycles. The lowest BCUT2D eigenvalue weighted by Gasteiger charge is -2.12. The Morgan fingerprint density at radius 3 is 2.35 bits per heavy atom. The Morgan fingerprint density at radius 1 is 1.08 bits per heavy atom. The minimum Gasteiger partial charge on any atom is -0.478 e. The average molecular weight is 360 g/mol. The molecule has 144 valence electrons. The van der Waals surface area contributed by atoms with Crippen molar-refractivity contribution < 1.29 is 19.8 Å². The van der Waals surface area contributed by atoms with Crippen LogP contribution in [-0.2, 0) is 11.2 Å². The molecule has 1 aromatic carbocycles. The molecule has 0 aromatic heterocycles. The lowest BCUT2D eigenvalue weighted by molar-refractivity contribution is -0.120. The standard InChI is InChI=1S/C22H32O4/c1-3-4-5-11-21(24)12-7-10-19(17(2)23)9-6-8-18-13-15-20(16-14-18)22(25)26/h7,12-16,19,21,24H,3-6,8-11H2,1-2H3,(H,25,26). The summed E-state index contributed by atoms with van der Waals surface area (Å²) in [6, 6.07) is 6.89. The Kier molecular flexibility index (Phi) is 10.6. The Balaban J connectivity index is 2.38. The van der Waals surface area contributed by atoms with E-state index in [0.717, 1.165) is 50.5 Å². The molecule has 0 aliphatic rings. The molecule has 0 saturated carbocycles. The van der Waals surface area contributed by atoms with E-state index >= 15 is 0 Å². The van der Waals surface area contributed by atoms with Crippen LogP contribution in [0.2, 0.25) is 0 Å². The minimum absolute atomic E-state index is 0.0209. The van der Waals surface area contributed by atoms with Gasteiger partial charge in [0.25, 0.3) is 0 Å². The zero-order chi connectivity index (χ0) is 19.4. The second-order valence-corrected chi connectivity index (χ2v) is 6.93. The summed E-state index contributed by atoms with van der Waals surface area (Å²) >= 11 is 0. The summed E-state index contributed by atoms with van der Waals surface area (Å²) in [6.07, 6.45) is 10.6. The number of carboxylic acid groups (broad SMARTS) is 1. The van der Waals surface area contributed by atoms with E-state index < -0.39 is 12.1 Å². The number of aliphatic hydroxyl groups excluding tert-OH is 1. The predicted octanol–water partition coefficient (Wildman–Crippen LogP) is 4.80. The number of ketones is 1. The van der Waals surface area contributed by atoms with Gasteiger partial charge in [-0.2, -0.15) is 0 Å². The molecule has 1 aromatic rings. The molecule has 0 spiro atoms. The quantitative estimate of drug-likeness (QED) is 0.391. The average Bonchev–Trinajstić information content (AvgIpc) is 2.61. The van der Waals surface area contributed by atoms with E-state index in [2.05, 4.69) is 6.92 Å². The van der Waals surface area contributed by atoms with E-state index in [1.54, 1.807) is 19.1 Å². The third-order valence-corrected chi connectivity index (χ3v) is 4.68. The molecule has 0 fully saturated rings. The summed E-state index contributed by atoms with van der Waals surface area (Å²) in [5.74, 6) is -0.763. The number of benzene rings is 1. The van der Waals surface area contributed by atoms with E-state index in [-0.39, 0.29) is 17.3 Å². The van der Waals surface area contributed by atoms with E-state index in [1.807, 2.05) is 24.3 Å². The Bertz CT molecular complexity index is 574. The summed E-state index contributed by atoms with van der Waals surface area (Å²) in [7, 11) is 0. The van der Waals surface area contributed by atoms with Crippen LogP contribution in [0.15, 0.2) is 36.4 Å². The van der Waals surface area contributed by atoms with Crippen molar-refractivity contribution in [3.05, 3.63) is 47.5 Å². The van der Waals surface area contributed by atoms with Crippen LogP contribution < -0.4 is 0 Å². The molecule has 4 heteroatoms. The van der Waals surface area contributed by atoms with Crippen LogP contribution in [0.4, 0.5) is 0 Å². The van der Waals surface area contributed by atoms with Gasteiger partial charge in [-0.1, -0.05) is 50.5 Å². The second kappa shape index (κ2) is 12.4. The molecule has 0 aliphatic heterocycles. The molecule has 0 amide bonds. The molecule has 0 saturated heterocycles. The number of rotatable bonds is 13. The van der Waals surface area contributed by atoms with Gasteiger partial charge >= 0.3 is 5.97 Å². The summed E-state index contributed by atoms with van der Waals surface area (Å²) in [5, 5.41) is 18.8. The van der Waals surface area contributed by atoms with Crippen LogP contribution in [0.5, 0.6) is 0 Å². The summed E-state index contributed by atoms with van der Waals surface area (Å²) in [6.45, 7) is 3.76. The highest BCUT2D eigenvalue weighted by atomic mass is 16.4. The smallest absolute Gasteiger partial charge is 0.335 e. The van der Waals surface area contributed by atoms with Gasteiger partial charge in [0.05, 0.1) is 11.7 Å². The molecular weight excluding hydrogens is 328 g/mol. The molecule has 4 nitrogen and oxygen atoms in total. The van der Waals surface area contributed by atoms with Crippen molar-refractivity contribution in [2.24, 2.45) is 5.92 Å². The normalized spacial score (nSPS) is 13.7. The van der Waals surface area contributed by atoms with Crippen molar-refractivity contribution in [1.82, 2.24) is 0 Å². The number of allylic oxidation sites excluding steroid dienone is 1. The fraction of sp³-hybridized carbons (Fsp3) is 0.545. The zero-order valence-electron chi connectivity index (χ0n) is 16.0. The number of aryl methyl sites for hydroxylation is 1. The number of carbonyl (C=O) groups excluding carboxylic acids is 1. The Labute approximate surface area is 156 Å². The van der Waals surface area contributed by atoms with Gasteiger partial charge in [0.15, 0.2) is 0 Å². The molecular formula is C22H32O4. The first-order chi connectivity index (χ1) is 12.4. The van der Waals surface area contributed by atoms with Crippen molar-refractivity contribution in [2.75, 3.05) is 0 Å². The Hall–Kier alpha value is -1.94. The van der Waals surface area contributed by atoms with E-state index in [1.165, 1.54) is 0 Å². The maximum atomic E-state index is 11.8. The van der Waals surface area contributed by atoms with Crippen LogP contribution in [0, 0.1) is 5.92 Å². The van der Waals surface area contributed by atoms with Crippen molar-refractivity contribution in [3.63, 3.8) is 0 Å². The maximum absolute atomic E-state index is 11.8. The van der Waals surface area contributed by atoms with E-state index in [0.29, 0.717) is 6.42 Å². The van der Waals surface area contributed by atoms with Gasteiger partial charge in [0.1, 0.15) is 5.78 Å². The van der Waals surface area contributed by atoms with Crippen molar-refractivity contribution >= 4 is 11.8 Å².